The number of rotatable bonds is 5. The highest BCUT2D eigenvalue weighted by Gasteiger charge is 2.29. The van der Waals surface area contributed by atoms with E-state index in [1.165, 1.54) is 50.1 Å². The molecule has 0 amide bonds. The van der Waals surface area contributed by atoms with Gasteiger partial charge in [-0.3, -0.25) is 0 Å². The van der Waals surface area contributed by atoms with Crippen LogP contribution in [0.1, 0.15) is 50.3 Å². The second-order valence-corrected chi connectivity index (χ2v) is 6.01. The third-order valence-corrected chi connectivity index (χ3v) is 4.58. The van der Waals surface area contributed by atoms with Crippen molar-refractivity contribution in [2.24, 2.45) is 11.7 Å². The fraction of sp³-hybridized carbons (Fsp3) is 0.833. The highest BCUT2D eigenvalue weighted by Crippen LogP contribution is 2.39. The number of hydrogen-bond donors (Lipinski definition) is 2. The Hall–Kier alpha value is -0.680. The van der Waals surface area contributed by atoms with Gasteiger partial charge in [0.25, 0.3) is 0 Å². The molecule has 0 radical (unpaired) electrons. The SMILES string of the molecule is NCC(Nc1nc(C2CC2)ns1)C1CCCC1. The lowest BCUT2D eigenvalue weighted by Gasteiger charge is -2.22. The fourth-order valence-electron chi connectivity index (χ4n) is 2.69. The van der Waals surface area contributed by atoms with E-state index in [9.17, 15) is 0 Å². The highest BCUT2D eigenvalue weighted by molar-refractivity contribution is 7.09. The number of nitrogens with one attached hydrogen (secondary N) is 1. The summed E-state index contributed by atoms with van der Waals surface area (Å²) in [5, 5.41) is 4.46. The number of nitrogens with two attached hydrogens (primary N) is 1. The largest absolute Gasteiger partial charge is 0.356 e. The second kappa shape index (κ2) is 4.90. The van der Waals surface area contributed by atoms with E-state index < -0.39 is 0 Å². The van der Waals surface area contributed by atoms with Crippen LogP contribution in [-0.2, 0) is 0 Å². The summed E-state index contributed by atoms with van der Waals surface area (Å²) < 4.78 is 4.42. The zero-order chi connectivity index (χ0) is 11.7. The minimum Gasteiger partial charge on any atom is -0.356 e. The predicted octanol–water partition coefficient (Wildman–Crippen LogP) is 2.34. The van der Waals surface area contributed by atoms with Crippen molar-refractivity contribution in [1.29, 1.82) is 0 Å². The van der Waals surface area contributed by atoms with E-state index in [2.05, 4.69) is 14.7 Å². The van der Waals surface area contributed by atoms with Gasteiger partial charge in [0.2, 0.25) is 5.13 Å². The van der Waals surface area contributed by atoms with Gasteiger partial charge in [-0.15, -0.1) is 0 Å². The van der Waals surface area contributed by atoms with E-state index in [-0.39, 0.29) is 0 Å². The lowest BCUT2D eigenvalue weighted by atomic mass is 9.98. The molecule has 1 aromatic heterocycles. The minimum absolute atomic E-state index is 0.387. The number of aromatic nitrogens is 2. The Kier molecular flexibility index (Phi) is 3.29. The van der Waals surface area contributed by atoms with E-state index >= 15 is 0 Å². The molecule has 0 aromatic carbocycles. The molecule has 3 N–H and O–H groups in total. The van der Waals surface area contributed by atoms with E-state index in [1.807, 2.05) is 0 Å². The van der Waals surface area contributed by atoms with E-state index in [0.29, 0.717) is 18.5 Å². The quantitative estimate of drug-likeness (QED) is 0.844. The molecule has 1 heterocycles. The highest BCUT2D eigenvalue weighted by atomic mass is 32.1. The van der Waals surface area contributed by atoms with Crippen LogP contribution in [0.5, 0.6) is 0 Å². The molecule has 0 aliphatic heterocycles. The van der Waals surface area contributed by atoms with Crippen molar-refractivity contribution in [3.8, 4) is 0 Å². The van der Waals surface area contributed by atoms with Crippen LogP contribution in [0.4, 0.5) is 5.13 Å². The first-order valence-electron chi connectivity index (χ1n) is 6.67. The molecule has 0 spiro atoms. The maximum atomic E-state index is 5.87. The van der Waals surface area contributed by atoms with Crippen LogP contribution in [0.15, 0.2) is 0 Å². The molecule has 5 heteroatoms. The third-order valence-electron chi connectivity index (χ3n) is 3.92. The first kappa shape index (κ1) is 11.4. The third kappa shape index (κ3) is 2.60. The molecule has 0 bridgehead atoms. The van der Waals surface area contributed by atoms with Crippen LogP contribution in [0, 0.1) is 5.92 Å². The monoisotopic (exact) mass is 252 g/mol. The van der Waals surface area contributed by atoms with Gasteiger partial charge in [0.05, 0.1) is 0 Å². The Labute approximate surface area is 106 Å². The summed E-state index contributed by atoms with van der Waals surface area (Å²) in [5.74, 6) is 2.41. The van der Waals surface area contributed by atoms with Gasteiger partial charge in [-0.1, -0.05) is 12.8 Å². The molecule has 1 atom stereocenters. The molecule has 0 saturated heterocycles. The van der Waals surface area contributed by atoms with Crippen LogP contribution in [-0.4, -0.2) is 21.9 Å². The average Bonchev–Trinajstić information content (AvgIpc) is 2.89. The first-order chi connectivity index (χ1) is 8.36. The van der Waals surface area contributed by atoms with Gasteiger partial charge >= 0.3 is 0 Å². The Morgan fingerprint density at radius 2 is 2.06 bits per heavy atom. The Morgan fingerprint density at radius 3 is 2.71 bits per heavy atom. The Bertz CT molecular complexity index is 368. The molecule has 1 unspecified atom stereocenters. The lowest BCUT2D eigenvalue weighted by molar-refractivity contribution is 0.462. The van der Waals surface area contributed by atoms with Gasteiger partial charge < -0.3 is 11.1 Å². The number of hydrogen-bond acceptors (Lipinski definition) is 5. The molecule has 2 aliphatic rings. The molecule has 3 rings (SSSR count). The van der Waals surface area contributed by atoms with Gasteiger partial charge in [-0.25, -0.2) is 4.98 Å². The zero-order valence-electron chi connectivity index (χ0n) is 10.1. The van der Waals surface area contributed by atoms with Crippen LogP contribution in [0.2, 0.25) is 0 Å². The van der Waals surface area contributed by atoms with Gasteiger partial charge in [0.15, 0.2) is 0 Å². The van der Waals surface area contributed by atoms with Crippen LogP contribution in [0.3, 0.4) is 0 Å². The van der Waals surface area contributed by atoms with Crippen molar-refractivity contribution in [3.63, 3.8) is 0 Å². The van der Waals surface area contributed by atoms with Gasteiger partial charge in [-0.2, -0.15) is 4.37 Å². The Morgan fingerprint density at radius 1 is 1.29 bits per heavy atom. The molecule has 94 valence electrons. The number of nitrogens with zero attached hydrogens (tertiary/aromatic N) is 2. The fourth-order valence-corrected chi connectivity index (χ4v) is 3.40. The molecule has 2 saturated carbocycles. The van der Waals surface area contributed by atoms with Crippen LogP contribution >= 0.6 is 11.5 Å². The van der Waals surface area contributed by atoms with Crippen LogP contribution < -0.4 is 11.1 Å². The van der Waals surface area contributed by atoms with Crippen LogP contribution in [0.25, 0.3) is 0 Å². The smallest absolute Gasteiger partial charge is 0.202 e. The van der Waals surface area contributed by atoms with E-state index in [1.54, 1.807) is 0 Å². The molecule has 2 aliphatic carbocycles. The van der Waals surface area contributed by atoms with E-state index in [4.69, 9.17) is 5.73 Å². The predicted molar refractivity (Wildman–Crippen MR) is 70.3 cm³/mol. The van der Waals surface area contributed by atoms with Crippen molar-refractivity contribution in [2.45, 2.75) is 50.5 Å². The molecular formula is C12H20N4S. The van der Waals surface area contributed by atoms with Crippen molar-refractivity contribution in [1.82, 2.24) is 9.36 Å². The van der Waals surface area contributed by atoms with Crippen molar-refractivity contribution in [2.75, 3.05) is 11.9 Å². The molecule has 17 heavy (non-hydrogen) atoms. The minimum atomic E-state index is 0.387. The molecule has 2 fully saturated rings. The zero-order valence-corrected chi connectivity index (χ0v) is 10.9. The summed E-state index contributed by atoms with van der Waals surface area (Å²) in [6.07, 6.45) is 7.85. The van der Waals surface area contributed by atoms with Gasteiger partial charge in [0.1, 0.15) is 5.82 Å². The summed E-state index contributed by atoms with van der Waals surface area (Å²) in [6, 6.07) is 0.387. The lowest BCUT2D eigenvalue weighted by Crippen LogP contribution is -2.35. The summed E-state index contributed by atoms with van der Waals surface area (Å²) >= 11 is 1.49. The summed E-state index contributed by atoms with van der Waals surface area (Å²) in [7, 11) is 0. The standard InChI is InChI=1S/C12H20N4S/c13-7-10(8-3-1-2-4-8)14-12-15-11(16-17-12)9-5-6-9/h8-10H,1-7,13H2,(H,14,15,16). The second-order valence-electron chi connectivity index (χ2n) is 5.26. The molecule has 4 nitrogen and oxygen atoms in total. The maximum absolute atomic E-state index is 5.87. The van der Waals surface area contributed by atoms with Crippen molar-refractivity contribution < 1.29 is 0 Å². The topological polar surface area (TPSA) is 63.8 Å². The first-order valence-corrected chi connectivity index (χ1v) is 7.44. The van der Waals surface area contributed by atoms with Crippen molar-refractivity contribution >= 4 is 16.7 Å². The van der Waals surface area contributed by atoms with E-state index in [0.717, 1.165) is 16.9 Å². The summed E-state index contributed by atoms with van der Waals surface area (Å²) in [4.78, 5) is 4.57. The van der Waals surface area contributed by atoms with Gasteiger partial charge in [-0.05, 0) is 31.6 Å². The maximum Gasteiger partial charge on any atom is 0.202 e. The Balaban J connectivity index is 1.62. The average molecular weight is 252 g/mol. The summed E-state index contributed by atoms with van der Waals surface area (Å²) in [5.41, 5.74) is 5.87. The molecular weight excluding hydrogens is 232 g/mol. The van der Waals surface area contributed by atoms with Crippen molar-refractivity contribution in [3.05, 3.63) is 5.82 Å². The molecule has 1 aromatic rings. The summed E-state index contributed by atoms with van der Waals surface area (Å²) in [6.45, 7) is 0.697. The van der Waals surface area contributed by atoms with Gasteiger partial charge in [0, 0.05) is 30.0 Å². The normalized spacial score (nSPS) is 22.9. The number of anilines is 1.